The molecule has 0 unspecified atom stereocenters. The Kier molecular flexibility index (Phi) is 4.69. The Morgan fingerprint density at radius 1 is 1.35 bits per heavy atom. The topological polar surface area (TPSA) is 52.1 Å². The molecule has 0 radical (unpaired) electrons. The molecule has 20 heavy (non-hydrogen) atoms. The van der Waals surface area contributed by atoms with Crippen LogP contribution in [0.1, 0.15) is 41.5 Å². The highest BCUT2D eigenvalue weighted by atomic mass is 35.5. The minimum atomic E-state index is -0.527. The molecule has 4 nitrogen and oxygen atoms in total. The third-order valence-electron chi connectivity index (χ3n) is 2.75. The van der Waals surface area contributed by atoms with E-state index in [0.29, 0.717) is 5.02 Å². The number of carbonyl (C=O) groups is 1. The van der Waals surface area contributed by atoms with E-state index in [9.17, 15) is 4.79 Å². The van der Waals surface area contributed by atoms with E-state index >= 15 is 0 Å². The summed E-state index contributed by atoms with van der Waals surface area (Å²) < 4.78 is 5.20. The molecular weight excluding hydrogens is 276 g/mol. The molecule has 0 saturated carbocycles. The molecular formula is C15H15ClN2O2. The summed E-state index contributed by atoms with van der Waals surface area (Å²) in [6.07, 6.45) is 3.31. The van der Waals surface area contributed by atoms with Crippen molar-refractivity contribution in [3.8, 4) is 0 Å². The lowest BCUT2D eigenvalue weighted by Crippen LogP contribution is -2.10. The van der Waals surface area contributed by atoms with Crippen molar-refractivity contribution in [1.29, 1.82) is 0 Å². The molecule has 0 aromatic carbocycles. The monoisotopic (exact) mass is 290 g/mol. The van der Waals surface area contributed by atoms with Gasteiger partial charge in [-0.25, -0.2) is 9.78 Å². The Morgan fingerprint density at radius 3 is 2.80 bits per heavy atom. The van der Waals surface area contributed by atoms with Crippen molar-refractivity contribution in [2.75, 3.05) is 0 Å². The first-order chi connectivity index (χ1) is 9.58. The number of esters is 1. The highest BCUT2D eigenvalue weighted by Crippen LogP contribution is 2.20. The number of carbonyl (C=O) groups excluding carboxylic acids is 1. The van der Waals surface area contributed by atoms with Gasteiger partial charge in [-0.05, 0) is 24.1 Å². The number of rotatable bonds is 4. The third kappa shape index (κ3) is 3.54. The summed E-state index contributed by atoms with van der Waals surface area (Å²) in [5, 5.41) is 0.297. The van der Waals surface area contributed by atoms with E-state index in [4.69, 9.17) is 16.3 Å². The highest BCUT2D eigenvalue weighted by Gasteiger charge is 2.16. The molecule has 0 fully saturated rings. The smallest absolute Gasteiger partial charge is 0.358 e. The lowest BCUT2D eigenvalue weighted by molar-refractivity contribution is 0.0465. The number of pyridine rings is 2. The molecule has 104 valence electrons. The minimum Gasteiger partial charge on any atom is -0.456 e. The maximum Gasteiger partial charge on any atom is 0.358 e. The van der Waals surface area contributed by atoms with E-state index in [-0.39, 0.29) is 18.2 Å². The normalized spacial score (nSPS) is 10.6. The van der Waals surface area contributed by atoms with Crippen LogP contribution in [0, 0.1) is 0 Å². The molecule has 0 amide bonds. The summed E-state index contributed by atoms with van der Waals surface area (Å²) in [5.41, 5.74) is 1.78. The lowest BCUT2D eigenvalue weighted by atomic mass is 10.1. The largest absolute Gasteiger partial charge is 0.456 e. The van der Waals surface area contributed by atoms with Crippen LogP contribution < -0.4 is 0 Å². The van der Waals surface area contributed by atoms with E-state index in [1.807, 2.05) is 26.0 Å². The zero-order valence-corrected chi connectivity index (χ0v) is 12.1. The van der Waals surface area contributed by atoms with Gasteiger partial charge in [-0.15, -0.1) is 0 Å². The van der Waals surface area contributed by atoms with Gasteiger partial charge in [0.05, 0.1) is 5.02 Å². The fourth-order valence-electron chi connectivity index (χ4n) is 1.62. The summed E-state index contributed by atoms with van der Waals surface area (Å²) in [4.78, 5) is 20.2. The second-order valence-electron chi connectivity index (χ2n) is 4.66. The third-order valence-corrected chi connectivity index (χ3v) is 3.05. The Hall–Kier alpha value is -1.94. The van der Waals surface area contributed by atoms with Crippen LogP contribution in [0.2, 0.25) is 5.02 Å². The van der Waals surface area contributed by atoms with Crippen LogP contribution in [0.4, 0.5) is 0 Å². The molecule has 0 atom stereocenters. The fourth-order valence-corrected chi connectivity index (χ4v) is 1.81. The number of hydrogen-bond donors (Lipinski definition) is 0. The van der Waals surface area contributed by atoms with Gasteiger partial charge in [0.2, 0.25) is 0 Å². The van der Waals surface area contributed by atoms with E-state index in [2.05, 4.69) is 9.97 Å². The number of ether oxygens (including phenoxy) is 1. The SMILES string of the molecule is CC(C)c1ccc(Cl)c(C(=O)OCc2cccnc2)n1. The van der Waals surface area contributed by atoms with Gasteiger partial charge in [-0.1, -0.05) is 31.5 Å². The summed E-state index contributed by atoms with van der Waals surface area (Å²) in [5.74, 6) is -0.307. The van der Waals surface area contributed by atoms with Crippen LogP contribution in [0.25, 0.3) is 0 Å². The van der Waals surface area contributed by atoms with Crippen molar-refractivity contribution >= 4 is 17.6 Å². The van der Waals surface area contributed by atoms with E-state index in [0.717, 1.165) is 11.3 Å². The molecule has 2 aromatic rings. The van der Waals surface area contributed by atoms with Crippen LogP contribution in [0.15, 0.2) is 36.7 Å². The van der Waals surface area contributed by atoms with Crippen LogP contribution in [-0.2, 0) is 11.3 Å². The molecule has 2 rings (SSSR count). The van der Waals surface area contributed by atoms with Crippen molar-refractivity contribution in [3.05, 3.63) is 58.6 Å². The molecule has 0 bridgehead atoms. The number of nitrogens with zero attached hydrogens (tertiary/aromatic N) is 2. The predicted molar refractivity (Wildman–Crippen MR) is 76.7 cm³/mol. The van der Waals surface area contributed by atoms with Crippen molar-refractivity contribution in [3.63, 3.8) is 0 Å². The number of aromatic nitrogens is 2. The molecule has 0 N–H and O–H groups in total. The standard InChI is InChI=1S/C15H15ClN2O2/c1-10(2)13-6-5-12(16)14(18-13)15(19)20-9-11-4-3-7-17-8-11/h3-8,10H,9H2,1-2H3. The Morgan fingerprint density at radius 2 is 2.15 bits per heavy atom. The zero-order valence-electron chi connectivity index (χ0n) is 11.3. The van der Waals surface area contributed by atoms with Gasteiger partial charge < -0.3 is 4.74 Å². The maximum atomic E-state index is 12.0. The van der Waals surface area contributed by atoms with Crippen molar-refractivity contribution in [2.45, 2.75) is 26.4 Å². The van der Waals surface area contributed by atoms with Crippen LogP contribution in [0.3, 0.4) is 0 Å². The predicted octanol–water partition coefficient (Wildman–Crippen LogP) is 3.61. The van der Waals surface area contributed by atoms with Gasteiger partial charge in [-0.3, -0.25) is 4.98 Å². The fraction of sp³-hybridized carbons (Fsp3) is 0.267. The molecule has 0 aliphatic rings. The summed E-state index contributed by atoms with van der Waals surface area (Å²) >= 11 is 6.00. The second-order valence-corrected chi connectivity index (χ2v) is 5.07. The molecule has 0 saturated heterocycles. The summed E-state index contributed by atoms with van der Waals surface area (Å²) in [7, 11) is 0. The molecule has 5 heteroatoms. The maximum absolute atomic E-state index is 12.0. The zero-order chi connectivity index (χ0) is 14.5. The quantitative estimate of drug-likeness (QED) is 0.807. The molecule has 0 spiro atoms. The second kappa shape index (κ2) is 6.48. The summed E-state index contributed by atoms with van der Waals surface area (Å²) in [6, 6.07) is 7.10. The van der Waals surface area contributed by atoms with Crippen LogP contribution in [-0.4, -0.2) is 15.9 Å². The lowest BCUT2D eigenvalue weighted by Gasteiger charge is -2.09. The Labute approximate surface area is 122 Å². The van der Waals surface area contributed by atoms with E-state index in [1.54, 1.807) is 24.5 Å². The first-order valence-corrected chi connectivity index (χ1v) is 6.68. The molecule has 2 aromatic heterocycles. The van der Waals surface area contributed by atoms with Gasteiger partial charge in [0.1, 0.15) is 6.61 Å². The Balaban J connectivity index is 2.11. The number of halogens is 1. The summed E-state index contributed by atoms with van der Waals surface area (Å²) in [6.45, 7) is 4.15. The first-order valence-electron chi connectivity index (χ1n) is 6.30. The average molecular weight is 291 g/mol. The van der Waals surface area contributed by atoms with E-state index < -0.39 is 5.97 Å². The molecule has 0 aliphatic heterocycles. The van der Waals surface area contributed by atoms with Gasteiger partial charge in [0, 0.05) is 23.7 Å². The molecule has 0 aliphatic carbocycles. The average Bonchev–Trinajstić information content (AvgIpc) is 2.46. The number of hydrogen-bond acceptors (Lipinski definition) is 4. The van der Waals surface area contributed by atoms with Crippen molar-refractivity contribution in [1.82, 2.24) is 9.97 Å². The van der Waals surface area contributed by atoms with Gasteiger partial charge in [-0.2, -0.15) is 0 Å². The van der Waals surface area contributed by atoms with Crippen LogP contribution >= 0.6 is 11.6 Å². The molecule has 2 heterocycles. The first kappa shape index (κ1) is 14.5. The highest BCUT2D eigenvalue weighted by molar-refractivity contribution is 6.33. The van der Waals surface area contributed by atoms with Gasteiger partial charge in [0.25, 0.3) is 0 Å². The van der Waals surface area contributed by atoms with Crippen LogP contribution in [0.5, 0.6) is 0 Å². The van der Waals surface area contributed by atoms with Crippen molar-refractivity contribution < 1.29 is 9.53 Å². The van der Waals surface area contributed by atoms with Gasteiger partial charge >= 0.3 is 5.97 Å². The van der Waals surface area contributed by atoms with E-state index in [1.165, 1.54) is 0 Å². The van der Waals surface area contributed by atoms with Gasteiger partial charge in [0.15, 0.2) is 5.69 Å². The van der Waals surface area contributed by atoms with Crippen molar-refractivity contribution in [2.24, 2.45) is 0 Å². The minimum absolute atomic E-state index is 0.149. The Bertz CT molecular complexity index is 600.